The monoisotopic (exact) mass is 856 g/mol. The lowest BCUT2D eigenvalue weighted by atomic mass is 10.0. The van der Waals surface area contributed by atoms with Crippen molar-refractivity contribution in [2.24, 2.45) is 0 Å². The molecule has 3 N–H and O–H groups in total. The molecule has 0 aliphatic heterocycles. The fourth-order valence-electron chi connectivity index (χ4n) is 8.63. The Bertz CT molecular complexity index is 928. The maximum Gasteiger partial charge on any atom is 0.220 e. The molecule has 0 fully saturated rings. The van der Waals surface area contributed by atoms with Gasteiger partial charge < -0.3 is 15.5 Å². The van der Waals surface area contributed by atoms with E-state index in [2.05, 4.69) is 43.5 Å². The first kappa shape index (κ1) is 59.6. The first-order valence-corrected chi connectivity index (χ1v) is 27.7. The summed E-state index contributed by atoms with van der Waals surface area (Å²) in [5, 5.41) is 23.0. The summed E-state index contributed by atoms with van der Waals surface area (Å²) in [5.41, 5.74) is 0. The smallest absolute Gasteiger partial charge is 0.220 e. The average Bonchev–Trinajstić information content (AvgIpc) is 3.26. The van der Waals surface area contributed by atoms with Gasteiger partial charge in [-0.15, -0.1) is 0 Å². The van der Waals surface area contributed by atoms with Gasteiger partial charge in [0.15, 0.2) is 0 Å². The van der Waals surface area contributed by atoms with Crippen molar-refractivity contribution in [2.75, 3.05) is 6.61 Å². The second-order valence-corrected chi connectivity index (χ2v) is 19.0. The quantitative estimate of drug-likeness (QED) is 0.0422. The molecule has 4 nitrogen and oxygen atoms in total. The summed E-state index contributed by atoms with van der Waals surface area (Å²) in [6.07, 6.45) is 71.8. The Morgan fingerprint density at radius 1 is 0.377 bits per heavy atom. The van der Waals surface area contributed by atoms with Gasteiger partial charge in [-0.1, -0.05) is 288 Å². The third-order valence-electron chi connectivity index (χ3n) is 12.9. The van der Waals surface area contributed by atoms with Gasteiger partial charge in [0.2, 0.25) is 5.91 Å². The molecule has 0 saturated carbocycles. The number of nitrogens with one attached hydrogen (secondary N) is 1. The highest BCUT2D eigenvalue weighted by Crippen LogP contribution is 2.18. The van der Waals surface area contributed by atoms with Crippen LogP contribution < -0.4 is 5.32 Å². The summed E-state index contributed by atoms with van der Waals surface area (Å²) in [6, 6.07) is -0.642. The van der Waals surface area contributed by atoms with Crippen molar-refractivity contribution in [1.82, 2.24) is 5.32 Å². The minimum absolute atomic E-state index is 0.0741. The van der Waals surface area contributed by atoms with Crippen LogP contribution in [0.25, 0.3) is 0 Å². The Balaban J connectivity index is 3.39. The molecular weight excluding hydrogens is 747 g/mol. The van der Waals surface area contributed by atoms with Crippen LogP contribution in [0.5, 0.6) is 0 Å². The Hall–Kier alpha value is -1.39. The van der Waals surface area contributed by atoms with E-state index in [1.165, 1.54) is 244 Å². The number of rotatable bonds is 51. The second-order valence-electron chi connectivity index (χ2n) is 19.0. The number of hydrogen-bond acceptors (Lipinski definition) is 3. The summed E-state index contributed by atoms with van der Waals surface area (Å²) in [6.45, 7) is 4.28. The van der Waals surface area contributed by atoms with E-state index in [0.29, 0.717) is 6.42 Å². The zero-order valence-corrected chi connectivity index (χ0v) is 41.4. The van der Waals surface area contributed by atoms with Crippen LogP contribution in [0.15, 0.2) is 36.5 Å². The fraction of sp³-hybridized carbons (Fsp3) is 0.877. The number of carbonyl (C=O) groups excluding carboxylic acids is 1. The SMILES string of the molecule is CCCCC/C=C/CC/C=C/CC/C=C/C(O)C(CO)NC(=O)CCCCCCCCCCCCCCCCCCCCCCCCCCCCCCCCCCCCCC. The van der Waals surface area contributed by atoms with Crippen molar-refractivity contribution in [1.29, 1.82) is 0 Å². The fourth-order valence-corrected chi connectivity index (χ4v) is 8.63. The minimum Gasteiger partial charge on any atom is -0.394 e. The summed E-state index contributed by atoms with van der Waals surface area (Å²) in [4.78, 5) is 12.4. The van der Waals surface area contributed by atoms with Gasteiger partial charge in [-0.2, -0.15) is 0 Å². The van der Waals surface area contributed by atoms with E-state index in [4.69, 9.17) is 0 Å². The topological polar surface area (TPSA) is 69.6 Å². The van der Waals surface area contributed by atoms with Gasteiger partial charge in [0.1, 0.15) is 0 Å². The minimum atomic E-state index is -0.867. The molecule has 0 aliphatic rings. The van der Waals surface area contributed by atoms with Gasteiger partial charge >= 0.3 is 0 Å². The molecule has 0 aromatic carbocycles. The number of unbranched alkanes of at least 4 members (excludes halogenated alkanes) is 40. The number of aliphatic hydroxyl groups excluding tert-OH is 2. The molecule has 0 spiro atoms. The van der Waals surface area contributed by atoms with Crippen LogP contribution in [0.4, 0.5) is 0 Å². The molecule has 0 aromatic heterocycles. The number of carbonyl (C=O) groups is 1. The Labute approximate surface area is 382 Å². The molecule has 2 atom stereocenters. The van der Waals surface area contributed by atoms with Gasteiger partial charge in [-0.3, -0.25) is 4.79 Å². The van der Waals surface area contributed by atoms with Gasteiger partial charge in [-0.25, -0.2) is 0 Å². The van der Waals surface area contributed by atoms with Crippen LogP contribution in [0.3, 0.4) is 0 Å². The van der Waals surface area contributed by atoms with Crippen LogP contribution in [-0.4, -0.2) is 34.9 Å². The van der Waals surface area contributed by atoms with E-state index in [0.717, 1.165) is 38.5 Å². The first-order chi connectivity index (χ1) is 30.2. The van der Waals surface area contributed by atoms with Crippen molar-refractivity contribution in [3.05, 3.63) is 36.5 Å². The molecular formula is C57H109NO3. The molecule has 0 aliphatic carbocycles. The Morgan fingerprint density at radius 2 is 0.639 bits per heavy atom. The van der Waals surface area contributed by atoms with E-state index in [9.17, 15) is 15.0 Å². The van der Waals surface area contributed by atoms with Crippen molar-refractivity contribution >= 4 is 5.91 Å². The zero-order chi connectivity index (χ0) is 44.2. The van der Waals surface area contributed by atoms with Gasteiger partial charge in [0.05, 0.1) is 18.8 Å². The summed E-state index contributed by atoms with van der Waals surface area (Å²) in [5.74, 6) is -0.0741. The number of hydrogen-bond donors (Lipinski definition) is 3. The maximum atomic E-state index is 12.4. The lowest BCUT2D eigenvalue weighted by Crippen LogP contribution is -2.45. The van der Waals surface area contributed by atoms with Gasteiger partial charge in [0.25, 0.3) is 0 Å². The maximum absolute atomic E-state index is 12.4. The summed E-state index contributed by atoms with van der Waals surface area (Å²) < 4.78 is 0. The third-order valence-corrected chi connectivity index (χ3v) is 12.9. The Kier molecular flexibility index (Phi) is 51.7. The largest absolute Gasteiger partial charge is 0.394 e. The summed E-state index contributed by atoms with van der Waals surface area (Å²) >= 11 is 0. The molecule has 4 heteroatoms. The van der Waals surface area contributed by atoms with Crippen LogP contribution in [0.1, 0.15) is 303 Å². The van der Waals surface area contributed by atoms with Crippen LogP contribution in [0.2, 0.25) is 0 Å². The second kappa shape index (κ2) is 53.0. The standard InChI is InChI=1S/C57H109NO3/c1-3-5-7-9-11-13-15-17-18-19-20-21-22-23-24-25-26-27-28-29-30-31-32-33-34-35-36-37-38-39-41-43-45-47-49-51-53-57(61)58-55(54-59)56(60)52-50-48-46-44-42-40-16-14-12-10-8-6-4-2/h12,14,42,44,50,52,55-56,59-60H,3-11,13,15-41,43,45-49,51,53-54H2,1-2H3,(H,58,61)/b14-12+,44-42+,52-50+. The first-order valence-electron chi connectivity index (χ1n) is 27.7. The predicted molar refractivity (Wildman–Crippen MR) is 272 cm³/mol. The Morgan fingerprint density at radius 3 is 0.951 bits per heavy atom. The molecule has 0 rings (SSSR count). The highest BCUT2D eigenvalue weighted by Gasteiger charge is 2.18. The van der Waals surface area contributed by atoms with Crippen LogP contribution >= 0.6 is 0 Å². The molecule has 61 heavy (non-hydrogen) atoms. The normalized spacial score (nSPS) is 13.0. The summed E-state index contributed by atoms with van der Waals surface area (Å²) in [7, 11) is 0. The molecule has 2 unspecified atom stereocenters. The van der Waals surface area contributed by atoms with Crippen molar-refractivity contribution < 1.29 is 15.0 Å². The van der Waals surface area contributed by atoms with Crippen molar-refractivity contribution in [2.45, 2.75) is 315 Å². The number of allylic oxidation sites excluding steroid dienone is 5. The number of amides is 1. The van der Waals surface area contributed by atoms with Crippen molar-refractivity contribution in [3.63, 3.8) is 0 Å². The van der Waals surface area contributed by atoms with E-state index < -0.39 is 12.1 Å². The van der Waals surface area contributed by atoms with E-state index >= 15 is 0 Å². The van der Waals surface area contributed by atoms with Crippen molar-refractivity contribution in [3.8, 4) is 0 Å². The lowest BCUT2D eigenvalue weighted by molar-refractivity contribution is -0.123. The molecule has 360 valence electrons. The van der Waals surface area contributed by atoms with Gasteiger partial charge in [-0.05, 0) is 44.9 Å². The molecule has 0 aromatic rings. The third kappa shape index (κ3) is 49.5. The van der Waals surface area contributed by atoms with Gasteiger partial charge in [0, 0.05) is 6.42 Å². The number of aliphatic hydroxyl groups is 2. The molecule has 1 amide bonds. The van der Waals surface area contributed by atoms with Crippen LogP contribution in [-0.2, 0) is 4.79 Å². The predicted octanol–water partition coefficient (Wildman–Crippen LogP) is 18.1. The highest BCUT2D eigenvalue weighted by atomic mass is 16.3. The zero-order valence-electron chi connectivity index (χ0n) is 41.4. The molecule has 0 heterocycles. The van der Waals surface area contributed by atoms with E-state index in [1.807, 2.05) is 6.08 Å². The lowest BCUT2D eigenvalue weighted by Gasteiger charge is -2.19. The van der Waals surface area contributed by atoms with E-state index in [1.54, 1.807) is 6.08 Å². The molecule has 0 saturated heterocycles. The molecule has 0 bridgehead atoms. The van der Waals surface area contributed by atoms with E-state index in [-0.39, 0.29) is 12.5 Å². The van der Waals surface area contributed by atoms with Crippen LogP contribution in [0, 0.1) is 0 Å². The molecule has 0 radical (unpaired) electrons. The highest BCUT2D eigenvalue weighted by molar-refractivity contribution is 5.76. The average molecular weight is 857 g/mol.